The number of fused-ring (bicyclic) bond motifs is 1. The maximum atomic E-state index is 14.1. The van der Waals surface area contributed by atoms with Gasteiger partial charge in [0.2, 0.25) is 0 Å². The van der Waals surface area contributed by atoms with Crippen LogP contribution in [0.25, 0.3) is 0 Å². The Labute approximate surface area is 141 Å². The van der Waals surface area contributed by atoms with Gasteiger partial charge >= 0.3 is 0 Å². The molecule has 1 aromatic rings. The normalized spacial score (nSPS) is 19.6. The number of hydrogen-bond donors (Lipinski definition) is 2. The molecule has 132 valence electrons. The van der Waals surface area contributed by atoms with Gasteiger partial charge in [0.1, 0.15) is 6.17 Å². The number of ether oxygens (including phenoxy) is 1. The molecular weight excluding hydrogens is 313 g/mol. The third kappa shape index (κ3) is 3.18. The van der Waals surface area contributed by atoms with Crippen molar-refractivity contribution < 1.29 is 19.0 Å². The smallest absolute Gasteiger partial charge is 0.254 e. The number of hydrogen-bond acceptors (Lipinski definition) is 5. The van der Waals surface area contributed by atoms with Gasteiger partial charge in [0.15, 0.2) is 0 Å². The maximum absolute atomic E-state index is 14.1. The van der Waals surface area contributed by atoms with Crippen LogP contribution in [0.2, 0.25) is 0 Å². The summed E-state index contributed by atoms with van der Waals surface area (Å²) < 4.78 is 19.5. The first kappa shape index (κ1) is 17.0. The number of rotatable bonds is 4. The van der Waals surface area contributed by atoms with E-state index in [2.05, 4.69) is 4.90 Å². The molecule has 24 heavy (non-hydrogen) atoms. The van der Waals surface area contributed by atoms with Crippen LogP contribution in [-0.2, 0) is 11.3 Å². The molecule has 0 aliphatic carbocycles. The number of benzene rings is 1. The molecule has 1 saturated heterocycles. The second-order valence-corrected chi connectivity index (χ2v) is 6.97. The highest BCUT2D eigenvalue weighted by atomic mass is 19.1. The van der Waals surface area contributed by atoms with Crippen LogP contribution < -0.4 is 10.6 Å². The Morgan fingerprint density at radius 1 is 1.38 bits per heavy atom. The summed E-state index contributed by atoms with van der Waals surface area (Å²) in [7, 11) is 0. The highest BCUT2D eigenvalue weighted by Gasteiger charge is 2.35. The minimum Gasteiger partial charge on any atom is -0.397 e. The summed E-state index contributed by atoms with van der Waals surface area (Å²) >= 11 is 0. The molecule has 1 atom stereocenters. The zero-order valence-electron chi connectivity index (χ0n) is 14.1. The predicted octanol–water partition coefficient (Wildman–Crippen LogP) is 1.17. The minimum absolute atomic E-state index is 0.135. The molecule has 0 saturated carbocycles. The van der Waals surface area contributed by atoms with Crippen LogP contribution in [-0.4, -0.2) is 60.5 Å². The molecule has 7 heteroatoms. The average Bonchev–Trinajstić information content (AvgIpc) is 2.82. The zero-order valence-corrected chi connectivity index (χ0v) is 14.1. The van der Waals surface area contributed by atoms with E-state index in [1.807, 2.05) is 0 Å². The van der Waals surface area contributed by atoms with Gasteiger partial charge in [0.25, 0.3) is 5.91 Å². The Kier molecular flexibility index (Phi) is 4.40. The lowest BCUT2D eigenvalue weighted by Crippen LogP contribution is -2.42. The molecule has 3 N–H and O–H groups in total. The number of morpholine rings is 1. The quantitative estimate of drug-likeness (QED) is 0.807. The highest BCUT2D eigenvalue weighted by molar-refractivity contribution is 6.00. The largest absolute Gasteiger partial charge is 0.397 e. The van der Waals surface area contributed by atoms with Crippen molar-refractivity contribution in [1.29, 1.82) is 0 Å². The molecule has 0 aromatic heterocycles. The van der Waals surface area contributed by atoms with E-state index in [0.717, 1.165) is 24.3 Å². The third-order valence-corrected chi connectivity index (χ3v) is 4.63. The number of amides is 1. The van der Waals surface area contributed by atoms with Crippen molar-refractivity contribution >= 4 is 17.3 Å². The summed E-state index contributed by atoms with van der Waals surface area (Å²) in [5, 5.41) is 9.76. The van der Waals surface area contributed by atoms with E-state index in [1.54, 1.807) is 12.1 Å². The van der Waals surface area contributed by atoms with Gasteiger partial charge < -0.3 is 25.4 Å². The van der Waals surface area contributed by atoms with E-state index in [9.17, 15) is 14.3 Å². The van der Waals surface area contributed by atoms with E-state index in [-0.39, 0.29) is 12.5 Å². The van der Waals surface area contributed by atoms with Gasteiger partial charge in [-0.15, -0.1) is 0 Å². The van der Waals surface area contributed by atoms with Crippen LogP contribution >= 0.6 is 0 Å². The van der Waals surface area contributed by atoms with Gasteiger partial charge in [-0.05, 0) is 31.5 Å². The molecule has 6 nitrogen and oxygen atoms in total. The lowest BCUT2D eigenvalue weighted by molar-refractivity contribution is -0.0159. The van der Waals surface area contributed by atoms with Crippen molar-refractivity contribution in [3.8, 4) is 0 Å². The predicted molar refractivity (Wildman–Crippen MR) is 89.8 cm³/mol. The second kappa shape index (κ2) is 6.22. The van der Waals surface area contributed by atoms with Crippen LogP contribution in [0.15, 0.2) is 12.1 Å². The Hall–Kier alpha value is -1.86. The van der Waals surface area contributed by atoms with Gasteiger partial charge in [0.05, 0.1) is 36.7 Å². The summed E-state index contributed by atoms with van der Waals surface area (Å²) in [6.45, 7) is 5.71. The van der Waals surface area contributed by atoms with Crippen molar-refractivity contribution in [2.24, 2.45) is 0 Å². The van der Waals surface area contributed by atoms with Crippen LogP contribution in [0.4, 0.5) is 15.8 Å². The number of aliphatic hydroxyl groups is 1. The number of alkyl halides is 1. The first-order valence-electron chi connectivity index (χ1n) is 8.18. The monoisotopic (exact) mass is 337 g/mol. The maximum Gasteiger partial charge on any atom is 0.254 e. The summed E-state index contributed by atoms with van der Waals surface area (Å²) in [4.78, 5) is 16.1. The SMILES string of the molecule is CC(C)(O)C(F)CN1Cc2cc(N)c(N3CCOCC3)cc2C1=O. The summed E-state index contributed by atoms with van der Waals surface area (Å²) in [6, 6.07) is 3.60. The van der Waals surface area contributed by atoms with Gasteiger partial charge in [0, 0.05) is 25.2 Å². The Morgan fingerprint density at radius 2 is 2.04 bits per heavy atom. The van der Waals surface area contributed by atoms with Crippen LogP contribution in [0, 0.1) is 0 Å². The summed E-state index contributed by atoms with van der Waals surface area (Å²) in [5.41, 5.74) is 7.49. The molecular formula is C17H24FN3O3. The molecule has 1 amide bonds. The molecule has 2 heterocycles. The van der Waals surface area contributed by atoms with Crippen molar-refractivity contribution in [2.45, 2.75) is 32.2 Å². The van der Waals surface area contributed by atoms with Crippen LogP contribution in [0.1, 0.15) is 29.8 Å². The van der Waals surface area contributed by atoms with Gasteiger partial charge in [-0.2, -0.15) is 0 Å². The van der Waals surface area contributed by atoms with E-state index in [0.29, 0.717) is 31.0 Å². The summed E-state index contributed by atoms with van der Waals surface area (Å²) in [5.74, 6) is -0.216. The van der Waals surface area contributed by atoms with Crippen LogP contribution in [0.5, 0.6) is 0 Å². The van der Waals surface area contributed by atoms with E-state index in [1.165, 1.54) is 18.7 Å². The van der Waals surface area contributed by atoms with E-state index < -0.39 is 11.8 Å². The first-order chi connectivity index (χ1) is 11.3. The van der Waals surface area contributed by atoms with Gasteiger partial charge in [-0.1, -0.05) is 0 Å². The molecule has 2 aliphatic heterocycles. The topological polar surface area (TPSA) is 79.0 Å². The number of nitrogens with zero attached hydrogens (tertiary/aromatic N) is 2. The fourth-order valence-electron chi connectivity index (χ4n) is 3.07. The third-order valence-electron chi connectivity index (χ3n) is 4.63. The Balaban J connectivity index is 1.81. The molecule has 0 bridgehead atoms. The lowest BCUT2D eigenvalue weighted by Gasteiger charge is -2.30. The Morgan fingerprint density at radius 3 is 2.67 bits per heavy atom. The number of nitrogens with two attached hydrogens (primary N) is 1. The number of anilines is 2. The van der Waals surface area contributed by atoms with Crippen LogP contribution in [0.3, 0.4) is 0 Å². The van der Waals surface area contributed by atoms with E-state index >= 15 is 0 Å². The number of carbonyl (C=O) groups is 1. The van der Waals surface area contributed by atoms with Crippen molar-refractivity contribution in [2.75, 3.05) is 43.5 Å². The Bertz CT molecular complexity index is 639. The van der Waals surface area contributed by atoms with E-state index in [4.69, 9.17) is 10.5 Å². The molecule has 0 radical (unpaired) electrons. The molecule has 0 spiro atoms. The minimum atomic E-state index is -1.51. The van der Waals surface area contributed by atoms with Crippen molar-refractivity contribution in [3.05, 3.63) is 23.3 Å². The molecule has 1 fully saturated rings. The molecule has 3 rings (SSSR count). The van der Waals surface area contributed by atoms with Crippen molar-refractivity contribution in [3.63, 3.8) is 0 Å². The highest BCUT2D eigenvalue weighted by Crippen LogP contribution is 2.33. The van der Waals surface area contributed by atoms with Gasteiger partial charge in [-0.3, -0.25) is 4.79 Å². The fourth-order valence-corrected chi connectivity index (χ4v) is 3.07. The van der Waals surface area contributed by atoms with Crippen molar-refractivity contribution in [1.82, 2.24) is 4.90 Å². The summed E-state index contributed by atoms with van der Waals surface area (Å²) in [6.07, 6.45) is -1.51. The fraction of sp³-hybridized carbons (Fsp3) is 0.588. The number of nitrogen functional groups attached to an aromatic ring is 1. The number of halogens is 1. The lowest BCUT2D eigenvalue weighted by atomic mass is 10.0. The molecule has 1 unspecified atom stereocenters. The molecule has 1 aromatic carbocycles. The second-order valence-electron chi connectivity index (χ2n) is 6.97. The van der Waals surface area contributed by atoms with Gasteiger partial charge in [-0.25, -0.2) is 4.39 Å². The zero-order chi connectivity index (χ0) is 17.5. The molecule has 2 aliphatic rings. The first-order valence-corrected chi connectivity index (χ1v) is 8.18. The standard InChI is InChI=1S/C17H24FN3O3/c1-17(2,23)15(18)10-21-9-11-7-13(19)14(8-12(11)16(21)22)20-3-5-24-6-4-20/h7-8,15,23H,3-6,9-10,19H2,1-2H3. The average molecular weight is 337 g/mol. The number of carbonyl (C=O) groups excluding carboxylic acids is 1.